The third-order valence-electron chi connectivity index (χ3n) is 5.34. The SMILES string of the molecule is CCCC[C@H]1C(=O)N(Cc2ccccc2)[C@@H](Cc2ccccc2)C(=O)N1C. The standard InChI is InChI=1S/C23H28N2O2/c1-3-4-15-20-23(27)25(17-19-13-9-6-10-14-19)21(22(26)24(20)2)16-18-11-7-5-8-12-18/h5-14,20-21H,3-4,15-17H2,1-2H3/t20-,21-/m0/s1. The number of hydrogen-bond acceptors (Lipinski definition) is 2. The Bertz CT molecular complexity index is 760. The van der Waals surface area contributed by atoms with Crippen molar-refractivity contribution in [3.63, 3.8) is 0 Å². The van der Waals surface area contributed by atoms with Crippen LogP contribution in [0.15, 0.2) is 60.7 Å². The van der Waals surface area contributed by atoms with E-state index in [0.29, 0.717) is 13.0 Å². The zero-order valence-corrected chi connectivity index (χ0v) is 16.2. The summed E-state index contributed by atoms with van der Waals surface area (Å²) in [5.74, 6) is 0.103. The Morgan fingerprint density at radius 1 is 0.815 bits per heavy atom. The van der Waals surface area contributed by atoms with Crippen LogP contribution in [-0.2, 0) is 22.6 Å². The molecule has 0 radical (unpaired) electrons. The fourth-order valence-electron chi connectivity index (χ4n) is 3.75. The summed E-state index contributed by atoms with van der Waals surface area (Å²) in [5, 5.41) is 0. The molecule has 0 unspecified atom stereocenters. The smallest absolute Gasteiger partial charge is 0.246 e. The largest absolute Gasteiger partial charge is 0.332 e. The van der Waals surface area contributed by atoms with Gasteiger partial charge in [0.05, 0.1) is 0 Å². The summed E-state index contributed by atoms with van der Waals surface area (Å²) in [5.41, 5.74) is 2.12. The number of nitrogens with zero attached hydrogens (tertiary/aromatic N) is 2. The number of benzene rings is 2. The fourth-order valence-corrected chi connectivity index (χ4v) is 3.75. The average molecular weight is 364 g/mol. The lowest BCUT2D eigenvalue weighted by atomic mass is 9.95. The van der Waals surface area contributed by atoms with Crippen LogP contribution in [0.5, 0.6) is 0 Å². The predicted molar refractivity (Wildman–Crippen MR) is 107 cm³/mol. The number of piperazine rings is 1. The maximum absolute atomic E-state index is 13.3. The molecule has 2 aromatic rings. The second-order valence-corrected chi connectivity index (χ2v) is 7.26. The second kappa shape index (κ2) is 8.85. The van der Waals surface area contributed by atoms with Gasteiger partial charge in [0.15, 0.2) is 0 Å². The maximum Gasteiger partial charge on any atom is 0.246 e. The zero-order valence-electron chi connectivity index (χ0n) is 16.2. The van der Waals surface area contributed by atoms with Crippen LogP contribution in [0.1, 0.15) is 37.3 Å². The molecule has 0 aliphatic carbocycles. The van der Waals surface area contributed by atoms with Gasteiger partial charge in [0.2, 0.25) is 11.8 Å². The van der Waals surface area contributed by atoms with E-state index in [4.69, 9.17) is 0 Å². The molecule has 1 aliphatic rings. The number of hydrogen-bond donors (Lipinski definition) is 0. The Hall–Kier alpha value is -2.62. The molecule has 4 nitrogen and oxygen atoms in total. The molecule has 3 rings (SSSR count). The van der Waals surface area contributed by atoms with Gasteiger partial charge in [0.1, 0.15) is 12.1 Å². The maximum atomic E-state index is 13.3. The molecule has 142 valence electrons. The van der Waals surface area contributed by atoms with Crippen molar-refractivity contribution in [2.24, 2.45) is 0 Å². The van der Waals surface area contributed by atoms with Crippen LogP contribution in [0.3, 0.4) is 0 Å². The molecule has 1 heterocycles. The normalized spacial score (nSPS) is 20.2. The van der Waals surface area contributed by atoms with Gasteiger partial charge in [-0.2, -0.15) is 0 Å². The summed E-state index contributed by atoms with van der Waals surface area (Å²) in [7, 11) is 1.78. The highest BCUT2D eigenvalue weighted by Crippen LogP contribution is 2.25. The number of unbranched alkanes of at least 4 members (excludes halogenated alkanes) is 1. The van der Waals surface area contributed by atoms with Gasteiger partial charge in [-0.15, -0.1) is 0 Å². The topological polar surface area (TPSA) is 40.6 Å². The van der Waals surface area contributed by atoms with Crippen molar-refractivity contribution < 1.29 is 9.59 Å². The van der Waals surface area contributed by atoms with E-state index in [1.165, 1.54) is 0 Å². The average Bonchev–Trinajstić information content (AvgIpc) is 2.70. The molecule has 1 saturated heterocycles. The number of amides is 2. The molecule has 0 bridgehead atoms. The minimum Gasteiger partial charge on any atom is -0.332 e. The molecular formula is C23H28N2O2. The van der Waals surface area contributed by atoms with E-state index >= 15 is 0 Å². The summed E-state index contributed by atoms with van der Waals surface area (Å²) in [6.07, 6.45) is 3.22. The number of carbonyl (C=O) groups excluding carboxylic acids is 2. The van der Waals surface area contributed by atoms with Crippen molar-refractivity contribution in [1.82, 2.24) is 9.80 Å². The Labute approximate surface area is 161 Å². The molecule has 4 heteroatoms. The van der Waals surface area contributed by atoms with Crippen LogP contribution in [0.25, 0.3) is 0 Å². The first-order valence-electron chi connectivity index (χ1n) is 9.76. The molecule has 27 heavy (non-hydrogen) atoms. The molecule has 0 aromatic heterocycles. The van der Waals surface area contributed by atoms with Gasteiger partial charge in [-0.25, -0.2) is 0 Å². The van der Waals surface area contributed by atoms with E-state index in [1.54, 1.807) is 16.8 Å². The lowest BCUT2D eigenvalue weighted by Gasteiger charge is -2.44. The highest BCUT2D eigenvalue weighted by molar-refractivity contribution is 5.97. The van der Waals surface area contributed by atoms with Crippen molar-refractivity contribution in [2.45, 2.75) is 51.2 Å². The highest BCUT2D eigenvalue weighted by Gasteiger charge is 2.43. The molecule has 2 atom stereocenters. The Morgan fingerprint density at radius 2 is 1.41 bits per heavy atom. The van der Waals surface area contributed by atoms with Crippen LogP contribution >= 0.6 is 0 Å². The van der Waals surface area contributed by atoms with Gasteiger partial charge in [-0.05, 0) is 17.5 Å². The van der Waals surface area contributed by atoms with Crippen molar-refractivity contribution in [1.29, 1.82) is 0 Å². The fraction of sp³-hybridized carbons (Fsp3) is 0.391. The minimum atomic E-state index is -0.456. The van der Waals surface area contributed by atoms with Crippen LogP contribution in [0.2, 0.25) is 0 Å². The Balaban J connectivity index is 1.89. The van der Waals surface area contributed by atoms with Crippen molar-refractivity contribution in [3.05, 3.63) is 71.8 Å². The van der Waals surface area contributed by atoms with Crippen molar-refractivity contribution >= 4 is 11.8 Å². The van der Waals surface area contributed by atoms with E-state index in [9.17, 15) is 9.59 Å². The molecule has 0 saturated carbocycles. The van der Waals surface area contributed by atoms with Crippen LogP contribution in [0.4, 0.5) is 0 Å². The quantitative estimate of drug-likeness (QED) is 0.752. The first kappa shape index (κ1) is 19.2. The van der Waals surface area contributed by atoms with Gasteiger partial charge in [0.25, 0.3) is 0 Å². The molecule has 1 fully saturated rings. The molecular weight excluding hydrogens is 336 g/mol. The summed E-state index contributed by atoms with van der Waals surface area (Å²) in [6, 6.07) is 19.1. The first-order chi connectivity index (χ1) is 13.1. The van der Waals surface area contributed by atoms with Gasteiger partial charge >= 0.3 is 0 Å². The lowest BCUT2D eigenvalue weighted by Crippen LogP contribution is -2.63. The predicted octanol–water partition coefficient (Wildman–Crippen LogP) is 3.66. The van der Waals surface area contributed by atoms with Crippen molar-refractivity contribution in [3.8, 4) is 0 Å². The van der Waals surface area contributed by atoms with Crippen LogP contribution < -0.4 is 0 Å². The summed E-state index contributed by atoms with van der Waals surface area (Å²) in [4.78, 5) is 30.0. The van der Waals surface area contributed by atoms with E-state index in [1.807, 2.05) is 60.7 Å². The summed E-state index contributed by atoms with van der Waals surface area (Å²) in [6.45, 7) is 2.58. The molecule has 0 spiro atoms. The summed E-state index contributed by atoms with van der Waals surface area (Å²) < 4.78 is 0. The molecule has 1 aliphatic heterocycles. The Morgan fingerprint density at radius 3 is 2.00 bits per heavy atom. The third kappa shape index (κ3) is 4.38. The number of carbonyl (C=O) groups is 2. The minimum absolute atomic E-state index is 0.0375. The number of likely N-dealkylation sites (N-methyl/N-ethyl adjacent to an activating group) is 1. The van der Waals surface area contributed by atoms with Gasteiger partial charge in [0, 0.05) is 20.0 Å². The third-order valence-corrected chi connectivity index (χ3v) is 5.34. The first-order valence-corrected chi connectivity index (χ1v) is 9.76. The van der Waals surface area contributed by atoms with Gasteiger partial charge in [-0.3, -0.25) is 9.59 Å². The second-order valence-electron chi connectivity index (χ2n) is 7.26. The molecule has 2 aromatic carbocycles. The monoisotopic (exact) mass is 364 g/mol. The van der Waals surface area contributed by atoms with Crippen molar-refractivity contribution in [2.75, 3.05) is 7.05 Å². The van der Waals surface area contributed by atoms with Gasteiger partial charge in [-0.1, -0.05) is 80.4 Å². The van der Waals surface area contributed by atoms with E-state index in [-0.39, 0.29) is 17.9 Å². The summed E-state index contributed by atoms with van der Waals surface area (Å²) >= 11 is 0. The zero-order chi connectivity index (χ0) is 19.2. The van der Waals surface area contributed by atoms with Crippen LogP contribution in [0, 0.1) is 0 Å². The van der Waals surface area contributed by atoms with Crippen LogP contribution in [-0.4, -0.2) is 40.7 Å². The van der Waals surface area contributed by atoms with E-state index in [2.05, 4.69) is 6.92 Å². The van der Waals surface area contributed by atoms with Gasteiger partial charge < -0.3 is 9.80 Å². The molecule has 2 amide bonds. The highest BCUT2D eigenvalue weighted by atomic mass is 16.2. The van der Waals surface area contributed by atoms with E-state index in [0.717, 1.165) is 30.4 Å². The van der Waals surface area contributed by atoms with E-state index < -0.39 is 6.04 Å². The lowest BCUT2D eigenvalue weighted by molar-refractivity contribution is -0.161. The Kier molecular flexibility index (Phi) is 6.28. The molecule has 0 N–H and O–H groups in total. The number of rotatable bonds is 7.